The average Bonchev–Trinajstić information content (AvgIpc) is 2.68. The van der Waals surface area contributed by atoms with E-state index in [1.807, 2.05) is 30.3 Å². The van der Waals surface area contributed by atoms with Crippen LogP contribution in [0.1, 0.15) is 24.3 Å². The summed E-state index contributed by atoms with van der Waals surface area (Å²) >= 11 is 5.92. The van der Waals surface area contributed by atoms with Gasteiger partial charge in [-0.1, -0.05) is 41.9 Å². The van der Waals surface area contributed by atoms with Gasteiger partial charge in [-0.05, 0) is 42.5 Å². The number of carbonyl (C=O) groups excluding carboxylic acids is 2. The van der Waals surface area contributed by atoms with Gasteiger partial charge < -0.3 is 20.5 Å². The molecule has 144 valence electrons. The summed E-state index contributed by atoms with van der Waals surface area (Å²) in [7, 11) is 1.46. The molecule has 2 rings (SSSR count). The molecular weight excluding hydrogens is 368 g/mol. The third kappa shape index (κ3) is 6.27. The second-order valence-corrected chi connectivity index (χ2v) is 6.40. The molecule has 3 N–H and O–H groups in total. The maximum absolute atomic E-state index is 12.1. The molecule has 0 radical (unpaired) electrons. The molecule has 2 aromatic rings. The second-order valence-electron chi connectivity index (χ2n) is 5.96. The van der Waals surface area contributed by atoms with Gasteiger partial charge in [-0.3, -0.25) is 9.59 Å². The van der Waals surface area contributed by atoms with Crippen LogP contribution in [0.5, 0.6) is 5.75 Å². The Morgan fingerprint density at radius 3 is 2.52 bits per heavy atom. The molecule has 0 fully saturated rings. The molecule has 0 saturated heterocycles. The largest absolute Gasteiger partial charge is 0.495 e. The van der Waals surface area contributed by atoms with Crippen LogP contribution in [0.4, 0.5) is 5.69 Å². The highest BCUT2D eigenvalue weighted by molar-refractivity contribution is 6.40. The van der Waals surface area contributed by atoms with E-state index >= 15 is 0 Å². The van der Waals surface area contributed by atoms with Gasteiger partial charge in [0.1, 0.15) is 5.75 Å². The van der Waals surface area contributed by atoms with E-state index in [1.54, 1.807) is 12.1 Å². The zero-order valence-electron chi connectivity index (χ0n) is 15.1. The highest BCUT2D eigenvalue weighted by atomic mass is 35.5. The molecule has 0 spiro atoms. The third-order valence-corrected chi connectivity index (χ3v) is 4.38. The van der Waals surface area contributed by atoms with Crippen molar-refractivity contribution in [3.05, 3.63) is 59.1 Å². The van der Waals surface area contributed by atoms with E-state index in [0.717, 1.165) is 5.56 Å². The van der Waals surface area contributed by atoms with Crippen LogP contribution >= 0.6 is 11.6 Å². The van der Waals surface area contributed by atoms with Crippen LogP contribution in [-0.2, 0) is 9.59 Å². The summed E-state index contributed by atoms with van der Waals surface area (Å²) in [6, 6.07) is 14.5. The van der Waals surface area contributed by atoms with Crippen LogP contribution in [0.3, 0.4) is 0 Å². The number of aliphatic hydroxyl groups excluding tert-OH is 1. The van der Waals surface area contributed by atoms with Crippen LogP contribution in [0.2, 0.25) is 5.02 Å². The first-order valence-electron chi connectivity index (χ1n) is 8.63. The first kappa shape index (κ1) is 20.7. The molecule has 1 unspecified atom stereocenters. The lowest BCUT2D eigenvalue weighted by Crippen LogP contribution is -2.36. The predicted molar refractivity (Wildman–Crippen MR) is 105 cm³/mol. The normalized spacial score (nSPS) is 11.5. The molecule has 2 amide bonds. The van der Waals surface area contributed by atoms with Gasteiger partial charge in [0, 0.05) is 18.2 Å². The minimum Gasteiger partial charge on any atom is -0.495 e. The number of benzene rings is 2. The summed E-state index contributed by atoms with van der Waals surface area (Å²) < 4.78 is 5.14. The Kier molecular flexibility index (Phi) is 8.10. The molecule has 2 aromatic carbocycles. The van der Waals surface area contributed by atoms with E-state index in [4.69, 9.17) is 16.3 Å². The number of amides is 2. The number of halogens is 1. The molecule has 7 heteroatoms. The summed E-state index contributed by atoms with van der Waals surface area (Å²) in [4.78, 5) is 24.2. The van der Waals surface area contributed by atoms with Crippen LogP contribution in [0.25, 0.3) is 0 Å². The Morgan fingerprint density at radius 2 is 1.85 bits per heavy atom. The fraction of sp³-hybridized carbons (Fsp3) is 0.300. The van der Waals surface area contributed by atoms with Crippen molar-refractivity contribution in [2.45, 2.75) is 18.8 Å². The van der Waals surface area contributed by atoms with E-state index in [2.05, 4.69) is 10.6 Å². The number of nitrogens with one attached hydrogen (secondary N) is 2. The van der Waals surface area contributed by atoms with Crippen molar-refractivity contribution in [1.82, 2.24) is 5.32 Å². The van der Waals surface area contributed by atoms with Gasteiger partial charge in [0.15, 0.2) is 0 Å². The Labute approximate surface area is 163 Å². The zero-order valence-corrected chi connectivity index (χ0v) is 15.8. The van der Waals surface area contributed by atoms with Gasteiger partial charge in [0.2, 0.25) is 0 Å². The number of hydrogen-bond acceptors (Lipinski definition) is 4. The highest BCUT2D eigenvalue weighted by Gasteiger charge is 2.17. The summed E-state index contributed by atoms with van der Waals surface area (Å²) in [6.07, 6.45) is 1.20. The average molecular weight is 391 g/mol. The van der Waals surface area contributed by atoms with E-state index in [0.29, 0.717) is 35.8 Å². The molecule has 0 bridgehead atoms. The fourth-order valence-corrected chi connectivity index (χ4v) is 2.93. The molecule has 0 aliphatic rings. The van der Waals surface area contributed by atoms with Gasteiger partial charge in [-0.25, -0.2) is 0 Å². The molecule has 0 heterocycles. The molecule has 0 saturated carbocycles. The predicted octanol–water partition coefficient (Wildman–Crippen LogP) is 2.96. The molecule has 0 aromatic heterocycles. The molecule has 1 atom stereocenters. The standard InChI is InChI=1S/C20H23ClN2O4/c1-27-18-8-7-16(21)13-17(18)23-20(26)19(25)22-11-9-15(10-12-24)14-5-3-2-4-6-14/h2-8,13,15,24H,9-12H2,1H3,(H,22,25)(H,23,26). The van der Waals surface area contributed by atoms with Crippen molar-refractivity contribution in [2.75, 3.05) is 25.6 Å². The Morgan fingerprint density at radius 1 is 1.11 bits per heavy atom. The Balaban J connectivity index is 1.89. The first-order chi connectivity index (χ1) is 13.0. The first-order valence-corrected chi connectivity index (χ1v) is 9.01. The van der Waals surface area contributed by atoms with Gasteiger partial charge >= 0.3 is 11.8 Å². The fourth-order valence-electron chi connectivity index (χ4n) is 2.76. The smallest absolute Gasteiger partial charge is 0.313 e. The molecule has 27 heavy (non-hydrogen) atoms. The van der Waals surface area contributed by atoms with E-state index in [9.17, 15) is 14.7 Å². The lowest BCUT2D eigenvalue weighted by Gasteiger charge is -2.16. The minimum atomic E-state index is -0.797. The number of hydrogen-bond donors (Lipinski definition) is 3. The van der Waals surface area contributed by atoms with Crippen LogP contribution in [-0.4, -0.2) is 37.2 Å². The number of rotatable bonds is 8. The highest BCUT2D eigenvalue weighted by Crippen LogP contribution is 2.27. The topological polar surface area (TPSA) is 87.7 Å². The maximum atomic E-state index is 12.1. The number of methoxy groups -OCH3 is 1. The third-order valence-electron chi connectivity index (χ3n) is 4.14. The van der Waals surface area contributed by atoms with Crippen LogP contribution in [0.15, 0.2) is 48.5 Å². The monoisotopic (exact) mass is 390 g/mol. The molecule has 0 aliphatic heterocycles. The van der Waals surface area contributed by atoms with Crippen LogP contribution < -0.4 is 15.4 Å². The van der Waals surface area contributed by atoms with Gasteiger partial charge in [-0.2, -0.15) is 0 Å². The van der Waals surface area contributed by atoms with Crippen molar-refractivity contribution in [2.24, 2.45) is 0 Å². The second kappa shape index (κ2) is 10.5. The number of carbonyl (C=O) groups is 2. The quantitative estimate of drug-likeness (QED) is 0.605. The minimum absolute atomic E-state index is 0.0581. The number of aliphatic hydroxyl groups is 1. The van der Waals surface area contributed by atoms with E-state index in [1.165, 1.54) is 13.2 Å². The molecule has 6 nitrogen and oxygen atoms in total. The SMILES string of the molecule is COc1ccc(Cl)cc1NC(=O)C(=O)NCCC(CCO)c1ccccc1. The summed E-state index contributed by atoms with van der Waals surface area (Å²) in [5.41, 5.74) is 1.42. The summed E-state index contributed by atoms with van der Waals surface area (Å²) in [5.74, 6) is -1.03. The lowest BCUT2D eigenvalue weighted by molar-refractivity contribution is -0.136. The van der Waals surface area contributed by atoms with Gasteiger partial charge in [0.05, 0.1) is 12.8 Å². The number of anilines is 1. The number of ether oxygens (including phenoxy) is 1. The van der Waals surface area contributed by atoms with Crippen molar-refractivity contribution >= 4 is 29.1 Å². The van der Waals surface area contributed by atoms with Crippen molar-refractivity contribution < 1.29 is 19.4 Å². The van der Waals surface area contributed by atoms with Crippen molar-refractivity contribution in [3.63, 3.8) is 0 Å². The Hall–Kier alpha value is -2.57. The summed E-state index contributed by atoms with van der Waals surface area (Å²) in [6.45, 7) is 0.376. The van der Waals surface area contributed by atoms with Crippen molar-refractivity contribution in [1.29, 1.82) is 0 Å². The summed E-state index contributed by atoms with van der Waals surface area (Å²) in [5, 5.41) is 14.8. The van der Waals surface area contributed by atoms with E-state index < -0.39 is 11.8 Å². The zero-order chi connectivity index (χ0) is 19.6. The van der Waals surface area contributed by atoms with E-state index in [-0.39, 0.29) is 12.5 Å². The Bertz CT molecular complexity index is 768. The lowest BCUT2D eigenvalue weighted by atomic mass is 9.93. The van der Waals surface area contributed by atoms with Gasteiger partial charge in [-0.15, -0.1) is 0 Å². The molecular formula is C20H23ClN2O4. The maximum Gasteiger partial charge on any atom is 0.313 e. The molecule has 0 aliphatic carbocycles. The van der Waals surface area contributed by atoms with Crippen LogP contribution in [0, 0.1) is 0 Å². The van der Waals surface area contributed by atoms with Crippen molar-refractivity contribution in [3.8, 4) is 5.75 Å². The van der Waals surface area contributed by atoms with Gasteiger partial charge in [0.25, 0.3) is 0 Å².